The van der Waals surface area contributed by atoms with Crippen molar-refractivity contribution in [3.8, 4) is 0 Å². The molecule has 2 fully saturated rings. The second-order valence-electron chi connectivity index (χ2n) is 8.75. The lowest BCUT2D eigenvalue weighted by Gasteiger charge is -2.40. The smallest absolute Gasteiger partial charge is 0.255 e. The normalized spacial score (nSPS) is 20.1. The van der Waals surface area contributed by atoms with Gasteiger partial charge in [0.1, 0.15) is 6.04 Å². The molecule has 0 aromatic carbocycles. The molecule has 1 aromatic rings. The van der Waals surface area contributed by atoms with E-state index in [1.807, 2.05) is 33.8 Å². The Hall–Kier alpha value is -2.35. The van der Waals surface area contributed by atoms with Crippen molar-refractivity contribution in [2.75, 3.05) is 46.4 Å². The van der Waals surface area contributed by atoms with E-state index in [-0.39, 0.29) is 36.7 Å². The van der Waals surface area contributed by atoms with Gasteiger partial charge in [-0.05, 0) is 32.3 Å². The fraction of sp³-hybridized carbons (Fsp3) is 0.682. The summed E-state index contributed by atoms with van der Waals surface area (Å²) in [7, 11) is 1.66. The third kappa shape index (κ3) is 4.38. The molecule has 0 aliphatic carbocycles. The Morgan fingerprint density at radius 3 is 2.63 bits per heavy atom. The summed E-state index contributed by atoms with van der Waals surface area (Å²) in [5.74, 6) is 0.144. The molecule has 1 aromatic heterocycles. The Kier molecular flexibility index (Phi) is 6.85. The van der Waals surface area contributed by atoms with Crippen molar-refractivity contribution in [1.82, 2.24) is 19.3 Å². The zero-order valence-corrected chi connectivity index (χ0v) is 18.8. The third-order valence-corrected chi connectivity index (χ3v) is 6.04. The molecule has 0 spiro atoms. The topological polar surface area (TPSA) is 75.1 Å². The second-order valence-corrected chi connectivity index (χ2v) is 8.75. The number of methoxy groups -OCH3 is 1. The first-order valence-electron chi connectivity index (χ1n) is 10.8. The number of hydrogen-bond acceptors (Lipinski definition) is 4. The van der Waals surface area contributed by atoms with Crippen LogP contribution in [0.25, 0.3) is 0 Å². The Morgan fingerprint density at radius 1 is 1.23 bits per heavy atom. The molecule has 0 radical (unpaired) electrons. The summed E-state index contributed by atoms with van der Waals surface area (Å²) in [4.78, 5) is 44.3. The molecular formula is C22H34N4O4. The Labute approximate surface area is 178 Å². The summed E-state index contributed by atoms with van der Waals surface area (Å²) >= 11 is 0. The van der Waals surface area contributed by atoms with Gasteiger partial charge in [-0.1, -0.05) is 13.8 Å². The van der Waals surface area contributed by atoms with Gasteiger partial charge in [0, 0.05) is 44.7 Å². The van der Waals surface area contributed by atoms with Crippen molar-refractivity contribution in [2.24, 2.45) is 5.92 Å². The van der Waals surface area contributed by atoms with Gasteiger partial charge in [0.15, 0.2) is 0 Å². The highest BCUT2D eigenvalue weighted by Crippen LogP contribution is 2.22. The van der Waals surface area contributed by atoms with E-state index in [1.54, 1.807) is 21.8 Å². The molecule has 8 nitrogen and oxygen atoms in total. The number of amides is 3. The van der Waals surface area contributed by atoms with E-state index in [0.717, 1.165) is 11.4 Å². The van der Waals surface area contributed by atoms with E-state index >= 15 is 0 Å². The van der Waals surface area contributed by atoms with Crippen LogP contribution in [-0.2, 0) is 20.9 Å². The summed E-state index contributed by atoms with van der Waals surface area (Å²) in [6.07, 6.45) is 0.674. The summed E-state index contributed by atoms with van der Waals surface area (Å²) in [6, 6.07) is 1.32. The molecular weight excluding hydrogens is 384 g/mol. The zero-order chi connectivity index (χ0) is 22.0. The number of rotatable bonds is 6. The molecule has 1 atom stereocenters. The Morgan fingerprint density at radius 2 is 1.97 bits per heavy atom. The first-order valence-corrected chi connectivity index (χ1v) is 10.8. The largest absolute Gasteiger partial charge is 0.383 e. The number of carbonyl (C=O) groups is 3. The van der Waals surface area contributed by atoms with Gasteiger partial charge in [-0.2, -0.15) is 0 Å². The van der Waals surface area contributed by atoms with E-state index in [4.69, 9.17) is 4.74 Å². The van der Waals surface area contributed by atoms with Crippen LogP contribution in [0, 0.1) is 19.8 Å². The summed E-state index contributed by atoms with van der Waals surface area (Å²) < 4.78 is 7.26. The lowest BCUT2D eigenvalue weighted by molar-refractivity contribution is -0.156. The van der Waals surface area contributed by atoms with Crippen LogP contribution >= 0.6 is 0 Å². The van der Waals surface area contributed by atoms with Gasteiger partial charge in [-0.25, -0.2) is 0 Å². The lowest BCUT2D eigenvalue weighted by Crippen LogP contribution is -2.62. The molecule has 2 saturated heterocycles. The maximum Gasteiger partial charge on any atom is 0.255 e. The highest BCUT2D eigenvalue weighted by molar-refractivity contribution is 5.98. The molecule has 3 amide bonds. The molecule has 0 N–H and O–H groups in total. The molecule has 8 heteroatoms. The Bertz CT molecular complexity index is 816. The average Bonchev–Trinajstić information content (AvgIpc) is 2.85. The van der Waals surface area contributed by atoms with Gasteiger partial charge >= 0.3 is 0 Å². The van der Waals surface area contributed by atoms with Gasteiger partial charge in [0.2, 0.25) is 11.8 Å². The molecule has 0 saturated carbocycles. The van der Waals surface area contributed by atoms with Crippen molar-refractivity contribution < 1.29 is 19.1 Å². The fourth-order valence-corrected chi connectivity index (χ4v) is 4.53. The average molecular weight is 419 g/mol. The van der Waals surface area contributed by atoms with E-state index in [0.29, 0.717) is 44.8 Å². The van der Waals surface area contributed by atoms with E-state index in [9.17, 15) is 14.4 Å². The minimum atomic E-state index is -0.589. The number of piperazine rings is 1. The van der Waals surface area contributed by atoms with Crippen molar-refractivity contribution >= 4 is 17.7 Å². The summed E-state index contributed by atoms with van der Waals surface area (Å²) in [5.41, 5.74) is 2.57. The van der Waals surface area contributed by atoms with Crippen molar-refractivity contribution in [1.29, 1.82) is 0 Å². The predicted molar refractivity (Wildman–Crippen MR) is 113 cm³/mol. The SMILES string of the molecule is COCCn1c(C)cc(C(=O)N2CCCN3C(=O)CN(CC(C)C)C(=O)C3C2)c1C. The molecule has 0 bridgehead atoms. The van der Waals surface area contributed by atoms with Crippen LogP contribution in [0.15, 0.2) is 6.07 Å². The molecule has 166 valence electrons. The molecule has 2 aliphatic heterocycles. The minimum Gasteiger partial charge on any atom is -0.383 e. The highest BCUT2D eigenvalue weighted by atomic mass is 16.5. The fourth-order valence-electron chi connectivity index (χ4n) is 4.53. The molecule has 2 aliphatic rings. The predicted octanol–water partition coefficient (Wildman–Crippen LogP) is 1.29. The van der Waals surface area contributed by atoms with Crippen LogP contribution in [0.4, 0.5) is 0 Å². The van der Waals surface area contributed by atoms with Crippen LogP contribution in [0.1, 0.15) is 42.0 Å². The highest BCUT2D eigenvalue weighted by Gasteiger charge is 2.42. The van der Waals surface area contributed by atoms with E-state index in [1.165, 1.54) is 0 Å². The van der Waals surface area contributed by atoms with Gasteiger partial charge < -0.3 is 24.0 Å². The van der Waals surface area contributed by atoms with Crippen LogP contribution in [0.5, 0.6) is 0 Å². The summed E-state index contributed by atoms with van der Waals surface area (Å²) in [6.45, 7) is 11.3. The van der Waals surface area contributed by atoms with Crippen LogP contribution in [0.2, 0.25) is 0 Å². The van der Waals surface area contributed by atoms with Crippen molar-refractivity contribution in [3.63, 3.8) is 0 Å². The van der Waals surface area contributed by atoms with Crippen LogP contribution in [0.3, 0.4) is 0 Å². The van der Waals surface area contributed by atoms with E-state index < -0.39 is 6.04 Å². The number of aryl methyl sites for hydroxylation is 1. The summed E-state index contributed by atoms with van der Waals surface area (Å²) in [5, 5.41) is 0. The standard InChI is InChI=1S/C22H34N4O4/c1-15(2)12-24-14-20(27)26-8-6-7-23(13-19(26)22(24)29)21(28)18-11-16(3)25(17(18)4)9-10-30-5/h11,15,19H,6-10,12-14H2,1-5H3. The Balaban J connectivity index is 1.82. The molecule has 30 heavy (non-hydrogen) atoms. The molecule has 3 heterocycles. The molecule has 1 unspecified atom stereocenters. The van der Waals surface area contributed by atoms with Gasteiger partial charge in [0.25, 0.3) is 5.91 Å². The maximum absolute atomic E-state index is 13.4. The maximum atomic E-state index is 13.4. The number of nitrogens with zero attached hydrogens (tertiary/aromatic N) is 4. The van der Waals surface area contributed by atoms with Crippen molar-refractivity contribution in [2.45, 2.75) is 46.7 Å². The second kappa shape index (κ2) is 9.20. The minimum absolute atomic E-state index is 0.0210. The lowest BCUT2D eigenvalue weighted by atomic mass is 10.1. The number of aromatic nitrogens is 1. The monoisotopic (exact) mass is 418 g/mol. The molecule has 3 rings (SSSR count). The number of hydrogen-bond donors (Lipinski definition) is 0. The quantitative estimate of drug-likeness (QED) is 0.698. The third-order valence-electron chi connectivity index (χ3n) is 6.04. The van der Waals surface area contributed by atoms with Gasteiger partial charge in [-0.15, -0.1) is 0 Å². The van der Waals surface area contributed by atoms with Crippen LogP contribution < -0.4 is 0 Å². The number of carbonyl (C=O) groups excluding carboxylic acids is 3. The van der Waals surface area contributed by atoms with Gasteiger partial charge in [-0.3, -0.25) is 14.4 Å². The van der Waals surface area contributed by atoms with Crippen LogP contribution in [-0.4, -0.2) is 89.5 Å². The van der Waals surface area contributed by atoms with Crippen molar-refractivity contribution in [3.05, 3.63) is 23.0 Å². The number of ether oxygens (including phenoxy) is 1. The first kappa shape index (κ1) is 22.3. The van der Waals surface area contributed by atoms with Gasteiger partial charge in [0.05, 0.1) is 25.3 Å². The zero-order valence-electron chi connectivity index (χ0n) is 18.8. The van der Waals surface area contributed by atoms with E-state index in [2.05, 4.69) is 4.57 Å². The number of fused-ring (bicyclic) bond motifs is 1. The first-order chi connectivity index (χ1) is 14.2.